The first-order chi connectivity index (χ1) is 14.6. The molecule has 10 heteroatoms. The van der Waals surface area contributed by atoms with Gasteiger partial charge in [-0.3, -0.25) is 9.59 Å². The van der Waals surface area contributed by atoms with Gasteiger partial charge in [-0.15, -0.1) is 0 Å². The van der Waals surface area contributed by atoms with E-state index in [0.717, 1.165) is 0 Å². The molecule has 10 nitrogen and oxygen atoms in total. The highest BCUT2D eigenvalue weighted by Gasteiger charge is 2.33. The third kappa shape index (κ3) is 12.5. The van der Waals surface area contributed by atoms with Crippen LogP contribution in [-0.4, -0.2) is 70.7 Å². The Morgan fingerprint density at radius 3 is 1.39 bits per heavy atom. The van der Waals surface area contributed by atoms with E-state index < -0.39 is 55.7 Å². The van der Waals surface area contributed by atoms with Gasteiger partial charge in [-0.1, -0.05) is 12.2 Å². The SMILES string of the molecule is CC(=CCCCC(=O)O)C(=O)OCC(CO)(CO)COC(=O)C(C)=CCCCC(=O)O. The minimum absolute atomic E-state index is 0.0181. The topological polar surface area (TPSA) is 168 Å². The summed E-state index contributed by atoms with van der Waals surface area (Å²) < 4.78 is 10.2. The minimum Gasteiger partial charge on any atom is -0.481 e. The van der Waals surface area contributed by atoms with Crippen LogP contribution in [0.2, 0.25) is 0 Å². The van der Waals surface area contributed by atoms with Gasteiger partial charge in [-0.05, 0) is 39.5 Å². The molecule has 0 aromatic carbocycles. The van der Waals surface area contributed by atoms with Crippen LogP contribution in [0.25, 0.3) is 0 Å². The van der Waals surface area contributed by atoms with Gasteiger partial charge < -0.3 is 29.9 Å². The molecule has 0 heterocycles. The maximum atomic E-state index is 12.1. The monoisotopic (exact) mass is 444 g/mol. The molecule has 0 aromatic rings. The Labute approximate surface area is 181 Å². The standard InChI is InChI=1S/C21H32O10/c1-15(7-3-5-9-17(24)25)19(28)30-13-21(11-22,12-23)14-31-20(29)16(2)8-4-6-10-18(26)27/h7-8,22-23H,3-6,9-14H2,1-2H3,(H,24,25)(H,26,27). The van der Waals surface area contributed by atoms with Gasteiger partial charge >= 0.3 is 23.9 Å². The van der Waals surface area contributed by atoms with Crippen molar-refractivity contribution in [3.05, 3.63) is 23.3 Å². The molecule has 4 N–H and O–H groups in total. The summed E-state index contributed by atoms with van der Waals surface area (Å²) in [4.78, 5) is 45.1. The maximum Gasteiger partial charge on any atom is 0.333 e. The van der Waals surface area contributed by atoms with E-state index >= 15 is 0 Å². The van der Waals surface area contributed by atoms with E-state index in [2.05, 4.69) is 0 Å². The Morgan fingerprint density at radius 2 is 1.10 bits per heavy atom. The highest BCUT2D eigenvalue weighted by atomic mass is 16.6. The van der Waals surface area contributed by atoms with E-state index in [4.69, 9.17) is 19.7 Å². The molecule has 0 spiro atoms. The van der Waals surface area contributed by atoms with Crippen LogP contribution in [0.5, 0.6) is 0 Å². The largest absolute Gasteiger partial charge is 0.481 e. The number of esters is 2. The van der Waals surface area contributed by atoms with Crippen LogP contribution in [0.15, 0.2) is 23.3 Å². The molecule has 0 atom stereocenters. The van der Waals surface area contributed by atoms with Crippen molar-refractivity contribution in [2.24, 2.45) is 5.41 Å². The summed E-state index contributed by atoms with van der Waals surface area (Å²) in [6.45, 7) is 1.00. The van der Waals surface area contributed by atoms with Crippen LogP contribution in [0, 0.1) is 5.41 Å². The number of hydrogen-bond acceptors (Lipinski definition) is 8. The summed E-state index contributed by atoms with van der Waals surface area (Å²) in [6.07, 6.45) is 4.56. The zero-order valence-electron chi connectivity index (χ0n) is 18.0. The number of aliphatic hydroxyl groups is 2. The summed E-state index contributed by atoms with van der Waals surface area (Å²) in [5.41, 5.74) is -0.877. The molecule has 0 aromatic heterocycles. The van der Waals surface area contributed by atoms with Crippen LogP contribution < -0.4 is 0 Å². The number of aliphatic hydroxyl groups excluding tert-OH is 2. The fourth-order valence-corrected chi connectivity index (χ4v) is 2.25. The lowest BCUT2D eigenvalue weighted by Gasteiger charge is -2.28. The third-order valence-corrected chi connectivity index (χ3v) is 4.42. The van der Waals surface area contributed by atoms with Gasteiger partial charge in [0.1, 0.15) is 13.2 Å². The van der Waals surface area contributed by atoms with Crippen molar-refractivity contribution < 1.29 is 49.1 Å². The van der Waals surface area contributed by atoms with Gasteiger partial charge in [0.15, 0.2) is 0 Å². The average Bonchev–Trinajstić information content (AvgIpc) is 2.73. The van der Waals surface area contributed by atoms with Crippen LogP contribution in [0.4, 0.5) is 0 Å². The van der Waals surface area contributed by atoms with Crippen molar-refractivity contribution in [1.82, 2.24) is 0 Å². The summed E-state index contributed by atoms with van der Waals surface area (Å²) in [6, 6.07) is 0. The summed E-state index contributed by atoms with van der Waals surface area (Å²) in [5, 5.41) is 36.5. The minimum atomic E-state index is -1.39. The van der Waals surface area contributed by atoms with Crippen molar-refractivity contribution >= 4 is 23.9 Å². The highest BCUT2D eigenvalue weighted by molar-refractivity contribution is 5.88. The molecule has 0 amide bonds. The van der Waals surface area contributed by atoms with Crippen LogP contribution >= 0.6 is 0 Å². The lowest BCUT2D eigenvalue weighted by Crippen LogP contribution is -2.41. The molecule has 0 saturated carbocycles. The molecule has 0 fully saturated rings. The predicted octanol–water partition coefficient (Wildman–Crippen LogP) is 1.45. The molecule has 0 rings (SSSR count). The Hall–Kier alpha value is -2.72. The zero-order valence-corrected chi connectivity index (χ0v) is 18.0. The molecular formula is C21H32O10. The molecule has 0 aliphatic heterocycles. The number of allylic oxidation sites excluding steroid dienone is 2. The Bertz CT molecular complexity index is 620. The lowest BCUT2D eigenvalue weighted by atomic mass is 9.92. The molecule has 176 valence electrons. The number of carboxylic acid groups (broad SMARTS) is 2. The van der Waals surface area contributed by atoms with E-state index in [-0.39, 0.29) is 24.0 Å². The van der Waals surface area contributed by atoms with E-state index in [1.165, 1.54) is 13.8 Å². The van der Waals surface area contributed by atoms with Gasteiger partial charge in [0, 0.05) is 24.0 Å². The molecule has 0 unspecified atom stereocenters. The number of rotatable bonds is 16. The Morgan fingerprint density at radius 1 is 0.742 bits per heavy atom. The maximum absolute atomic E-state index is 12.1. The van der Waals surface area contributed by atoms with Crippen molar-refractivity contribution in [3.8, 4) is 0 Å². The number of unbranched alkanes of at least 4 members (excludes halogenated alkanes) is 2. The van der Waals surface area contributed by atoms with Crippen molar-refractivity contribution in [2.45, 2.75) is 52.4 Å². The van der Waals surface area contributed by atoms with E-state index in [1.54, 1.807) is 12.2 Å². The number of aliphatic carboxylic acids is 2. The average molecular weight is 444 g/mol. The van der Waals surface area contributed by atoms with Gasteiger partial charge in [-0.25, -0.2) is 9.59 Å². The van der Waals surface area contributed by atoms with Crippen molar-refractivity contribution in [2.75, 3.05) is 26.4 Å². The van der Waals surface area contributed by atoms with Gasteiger partial charge in [0.05, 0.1) is 18.6 Å². The van der Waals surface area contributed by atoms with Gasteiger partial charge in [-0.2, -0.15) is 0 Å². The summed E-state index contributed by atoms with van der Waals surface area (Å²) >= 11 is 0. The predicted molar refractivity (Wildman–Crippen MR) is 109 cm³/mol. The second kappa shape index (κ2) is 15.1. The molecule has 31 heavy (non-hydrogen) atoms. The number of hydrogen-bond donors (Lipinski definition) is 4. The smallest absolute Gasteiger partial charge is 0.333 e. The van der Waals surface area contributed by atoms with Crippen LogP contribution in [0.3, 0.4) is 0 Å². The quantitative estimate of drug-likeness (QED) is 0.155. The number of carbonyl (C=O) groups is 4. The van der Waals surface area contributed by atoms with Gasteiger partial charge in [0.2, 0.25) is 0 Å². The third-order valence-electron chi connectivity index (χ3n) is 4.42. The number of carbonyl (C=O) groups excluding carboxylic acids is 2. The zero-order chi connectivity index (χ0) is 23.9. The number of carboxylic acids is 2. The first kappa shape index (κ1) is 28.3. The normalized spacial score (nSPS) is 12.4. The number of ether oxygens (including phenoxy) is 2. The molecule has 0 bridgehead atoms. The fraction of sp³-hybridized carbons (Fsp3) is 0.619. The Kier molecular flexibility index (Phi) is 13.8. The Balaban J connectivity index is 4.69. The highest BCUT2D eigenvalue weighted by Crippen LogP contribution is 2.19. The summed E-state index contributed by atoms with van der Waals surface area (Å²) in [7, 11) is 0. The summed E-state index contributed by atoms with van der Waals surface area (Å²) in [5.74, 6) is -3.24. The van der Waals surface area contributed by atoms with Crippen LogP contribution in [-0.2, 0) is 28.7 Å². The fourth-order valence-electron chi connectivity index (χ4n) is 2.25. The molecular weight excluding hydrogens is 412 g/mol. The lowest BCUT2D eigenvalue weighted by molar-refractivity contribution is -0.154. The van der Waals surface area contributed by atoms with Crippen molar-refractivity contribution in [1.29, 1.82) is 0 Å². The first-order valence-corrected chi connectivity index (χ1v) is 9.90. The first-order valence-electron chi connectivity index (χ1n) is 9.90. The van der Waals surface area contributed by atoms with Gasteiger partial charge in [0.25, 0.3) is 0 Å². The second-order valence-electron chi connectivity index (χ2n) is 7.31. The molecule has 0 radical (unpaired) electrons. The molecule has 0 aliphatic rings. The van der Waals surface area contributed by atoms with E-state index in [9.17, 15) is 29.4 Å². The van der Waals surface area contributed by atoms with E-state index in [0.29, 0.717) is 25.7 Å². The molecule has 0 saturated heterocycles. The van der Waals surface area contributed by atoms with Crippen molar-refractivity contribution in [3.63, 3.8) is 0 Å². The molecule has 0 aliphatic carbocycles. The van der Waals surface area contributed by atoms with E-state index in [1.807, 2.05) is 0 Å². The second-order valence-corrected chi connectivity index (χ2v) is 7.31. The van der Waals surface area contributed by atoms with Crippen LogP contribution in [0.1, 0.15) is 52.4 Å².